The number of carbonyl (C=O) groups is 3. The molecule has 0 saturated carbocycles. The van der Waals surface area contributed by atoms with Crippen LogP contribution in [0.4, 0.5) is 13.6 Å². The maximum Gasteiger partial charge on any atom is 0.407 e. The summed E-state index contributed by atoms with van der Waals surface area (Å²) in [7, 11) is 0. The molecule has 0 radical (unpaired) electrons. The van der Waals surface area contributed by atoms with Crippen molar-refractivity contribution in [2.24, 2.45) is 5.92 Å². The van der Waals surface area contributed by atoms with Gasteiger partial charge in [-0.1, -0.05) is 48.5 Å². The van der Waals surface area contributed by atoms with Crippen molar-refractivity contribution in [3.63, 3.8) is 0 Å². The van der Waals surface area contributed by atoms with Crippen LogP contribution in [0.3, 0.4) is 0 Å². The average molecular weight is 458 g/mol. The van der Waals surface area contributed by atoms with Crippen molar-refractivity contribution in [3.8, 4) is 11.1 Å². The molecule has 1 fully saturated rings. The molecule has 2 aromatic rings. The summed E-state index contributed by atoms with van der Waals surface area (Å²) in [5.41, 5.74) is 4.26. The number of carboxylic acids is 1. The topological polar surface area (TPSA) is 95.9 Å². The number of fused-ring (bicyclic) bond motifs is 3. The zero-order valence-corrected chi connectivity index (χ0v) is 18.0. The highest BCUT2D eigenvalue weighted by Gasteiger charge is 2.49. The van der Waals surface area contributed by atoms with Crippen molar-refractivity contribution in [1.82, 2.24) is 10.2 Å². The van der Waals surface area contributed by atoms with Crippen LogP contribution in [-0.2, 0) is 14.3 Å². The number of nitrogens with zero attached hydrogens (tertiary/aromatic N) is 1. The molecule has 33 heavy (non-hydrogen) atoms. The molecule has 2 atom stereocenters. The molecule has 2 aliphatic rings. The fourth-order valence-corrected chi connectivity index (χ4v) is 4.51. The highest BCUT2D eigenvalue weighted by atomic mass is 19.3. The van der Waals surface area contributed by atoms with Crippen LogP contribution in [0, 0.1) is 5.92 Å². The van der Waals surface area contributed by atoms with E-state index >= 15 is 0 Å². The van der Waals surface area contributed by atoms with Gasteiger partial charge in [-0.2, -0.15) is 0 Å². The van der Waals surface area contributed by atoms with Crippen molar-refractivity contribution in [2.75, 3.05) is 19.7 Å². The van der Waals surface area contributed by atoms with Crippen molar-refractivity contribution in [1.29, 1.82) is 0 Å². The Kier molecular flexibility index (Phi) is 6.05. The first-order chi connectivity index (χ1) is 15.7. The summed E-state index contributed by atoms with van der Waals surface area (Å²) < 4.78 is 33.0. The summed E-state index contributed by atoms with van der Waals surface area (Å²) in [6.07, 6.45) is -1.55. The summed E-state index contributed by atoms with van der Waals surface area (Å²) in [6.45, 7) is 0.578. The van der Waals surface area contributed by atoms with E-state index in [1.165, 1.54) is 6.92 Å². The fraction of sp³-hybridized carbons (Fsp3) is 0.375. The van der Waals surface area contributed by atoms with Gasteiger partial charge in [0.15, 0.2) is 0 Å². The Morgan fingerprint density at radius 2 is 1.70 bits per heavy atom. The number of alkyl halides is 2. The molecular formula is C24H24F2N2O5. The van der Waals surface area contributed by atoms with Crippen LogP contribution in [0.2, 0.25) is 0 Å². The number of aliphatic carboxylic acids is 1. The number of carbonyl (C=O) groups excluding carboxylic acids is 2. The third-order valence-electron chi connectivity index (χ3n) is 6.29. The third-order valence-corrected chi connectivity index (χ3v) is 6.29. The molecule has 1 unspecified atom stereocenters. The second-order valence-electron chi connectivity index (χ2n) is 8.38. The first-order valence-corrected chi connectivity index (χ1v) is 10.7. The number of halogens is 2. The van der Waals surface area contributed by atoms with Gasteiger partial charge in [-0.3, -0.25) is 9.59 Å². The zero-order chi connectivity index (χ0) is 23.8. The summed E-state index contributed by atoms with van der Waals surface area (Å²) in [6, 6.07) is 14.7. The minimum atomic E-state index is -3.38. The largest absolute Gasteiger partial charge is 0.481 e. The molecule has 0 bridgehead atoms. The van der Waals surface area contributed by atoms with Gasteiger partial charge in [0.25, 0.3) is 5.92 Å². The minimum absolute atomic E-state index is 0.0673. The second kappa shape index (κ2) is 8.80. The number of hydrogen-bond acceptors (Lipinski definition) is 4. The molecule has 9 heteroatoms. The SMILES string of the molecule is C[C@@H](NC(=O)OCC1c2ccccc2-c2ccccc21)C(=O)N1CCC(F)(F)C(C(=O)O)C1. The molecule has 0 spiro atoms. The van der Waals surface area contributed by atoms with Gasteiger partial charge in [0.1, 0.15) is 18.6 Å². The smallest absolute Gasteiger partial charge is 0.407 e. The van der Waals surface area contributed by atoms with E-state index in [1.54, 1.807) is 0 Å². The van der Waals surface area contributed by atoms with Crippen molar-refractivity contribution in [2.45, 2.75) is 31.2 Å². The summed E-state index contributed by atoms with van der Waals surface area (Å²) >= 11 is 0. The summed E-state index contributed by atoms with van der Waals surface area (Å²) in [5.74, 6) is -7.79. The van der Waals surface area contributed by atoms with E-state index in [4.69, 9.17) is 9.84 Å². The van der Waals surface area contributed by atoms with Crippen LogP contribution < -0.4 is 5.32 Å². The van der Waals surface area contributed by atoms with Crippen molar-refractivity contribution in [3.05, 3.63) is 59.7 Å². The first kappa shape index (κ1) is 22.7. The maximum absolute atomic E-state index is 13.8. The highest BCUT2D eigenvalue weighted by molar-refractivity contribution is 5.86. The third kappa shape index (κ3) is 4.40. The molecule has 4 rings (SSSR count). The molecule has 0 aromatic heterocycles. The number of carboxylic acid groups (broad SMARTS) is 1. The second-order valence-corrected chi connectivity index (χ2v) is 8.38. The molecule has 174 valence electrons. The Balaban J connectivity index is 1.36. The Bertz CT molecular complexity index is 1040. The minimum Gasteiger partial charge on any atom is -0.481 e. The van der Waals surface area contributed by atoms with Crippen molar-refractivity contribution < 1.29 is 33.0 Å². The number of likely N-dealkylation sites (tertiary alicyclic amines) is 1. The van der Waals surface area contributed by atoms with E-state index in [1.807, 2.05) is 48.5 Å². The highest BCUT2D eigenvalue weighted by Crippen LogP contribution is 2.44. The molecule has 2 N–H and O–H groups in total. The van der Waals surface area contributed by atoms with Gasteiger partial charge in [-0.05, 0) is 29.2 Å². The van der Waals surface area contributed by atoms with E-state index in [9.17, 15) is 23.2 Å². The molecule has 1 heterocycles. The normalized spacial score (nSPS) is 19.8. The first-order valence-electron chi connectivity index (χ1n) is 10.7. The van der Waals surface area contributed by atoms with E-state index in [0.29, 0.717) is 0 Å². The standard InChI is InChI=1S/C24H24F2N2O5/c1-14(21(29)28-11-10-24(25,26)20(12-28)22(30)31)27-23(32)33-13-19-17-8-4-2-6-15(17)16-7-3-5-9-18(16)19/h2-9,14,19-20H,10-13H2,1H3,(H,27,32)(H,30,31)/t14-,20?/m1/s1. The van der Waals surface area contributed by atoms with Crippen LogP contribution >= 0.6 is 0 Å². The molecule has 2 amide bonds. The number of benzene rings is 2. The van der Waals surface area contributed by atoms with Gasteiger partial charge in [-0.15, -0.1) is 0 Å². The number of alkyl carbamates (subject to hydrolysis) is 1. The lowest BCUT2D eigenvalue weighted by atomic mass is 9.93. The van der Waals surface area contributed by atoms with Crippen LogP contribution in [0.25, 0.3) is 11.1 Å². The van der Waals surface area contributed by atoms with Crippen LogP contribution in [-0.4, -0.2) is 59.6 Å². The molecule has 1 aliphatic heterocycles. The number of amides is 2. The fourth-order valence-electron chi connectivity index (χ4n) is 4.51. The average Bonchev–Trinajstić information content (AvgIpc) is 3.10. The zero-order valence-electron chi connectivity index (χ0n) is 18.0. The summed E-state index contributed by atoms with van der Waals surface area (Å²) in [4.78, 5) is 37.2. The molecule has 1 saturated heterocycles. The summed E-state index contributed by atoms with van der Waals surface area (Å²) in [5, 5.41) is 11.5. The van der Waals surface area contributed by atoms with Gasteiger partial charge in [-0.25, -0.2) is 13.6 Å². The number of ether oxygens (including phenoxy) is 1. The Labute approximate surface area is 189 Å². The lowest BCUT2D eigenvalue weighted by molar-refractivity contribution is -0.169. The van der Waals surface area contributed by atoms with E-state index in [0.717, 1.165) is 27.2 Å². The van der Waals surface area contributed by atoms with Crippen LogP contribution in [0.15, 0.2) is 48.5 Å². The number of piperidine rings is 1. The van der Waals surface area contributed by atoms with Gasteiger partial charge in [0.2, 0.25) is 5.91 Å². The lowest BCUT2D eigenvalue weighted by Crippen LogP contribution is -2.56. The Morgan fingerprint density at radius 3 is 2.27 bits per heavy atom. The molecule has 1 aliphatic carbocycles. The van der Waals surface area contributed by atoms with Gasteiger partial charge in [0, 0.05) is 25.4 Å². The number of hydrogen-bond donors (Lipinski definition) is 2. The maximum atomic E-state index is 13.8. The predicted molar refractivity (Wildman–Crippen MR) is 115 cm³/mol. The lowest BCUT2D eigenvalue weighted by Gasteiger charge is -2.37. The van der Waals surface area contributed by atoms with E-state index < -0.39 is 48.8 Å². The predicted octanol–water partition coefficient (Wildman–Crippen LogP) is 3.48. The Morgan fingerprint density at radius 1 is 1.12 bits per heavy atom. The van der Waals surface area contributed by atoms with Gasteiger partial charge < -0.3 is 20.1 Å². The number of nitrogens with one attached hydrogen (secondary N) is 1. The van der Waals surface area contributed by atoms with Gasteiger partial charge >= 0.3 is 12.1 Å². The van der Waals surface area contributed by atoms with E-state index in [2.05, 4.69) is 5.32 Å². The van der Waals surface area contributed by atoms with Gasteiger partial charge in [0.05, 0.1) is 0 Å². The molecule has 7 nitrogen and oxygen atoms in total. The van der Waals surface area contributed by atoms with E-state index in [-0.39, 0.29) is 19.1 Å². The van der Waals surface area contributed by atoms with Crippen LogP contribution in [0.5, 0.6) is 0 Å². The Hall–Kier alpha value is -3.49. The number of rotatable bonds is 5. The molecular weight excluding hydrogens is 434 g/mol. The monoisotopic (exact) mass is 458 g/mol. The molecule has 2 aromatic carbocycles. The quantitative estimate of drug-likeness (QED) is 0.715. The van der Waals surface area contributed by atoms with Crippen LogP contribution in [0.1, 0.15) is 30.4 Å². The van der Waals surface area contributed by atoms with Crippen molar-refractivity contribution >= 4 is 18.0 Å².